The van der Waals surface area contributed by atoms with Crippen LogP contribution in [-0.4, -0.2) is 32.4 Å². The number of halogens is 3. The number of nitrogens with one attached hydrogen (secondary N) is 1. The molecule has 0 atom stereocenters. The van der Waals surface area contributed by atoms with Crippen LogP contribution in [0.3, 0.4) is 0 Å². The van der Waals surface area contributed by atoms with Crippen LogP contribution in [0, 0.1) is 0 Å². The summed E-state index contributed by atoms with van der Waals surface area (Å²) in [5, 5.41) is 2.64. The predicted molar refractivity (Wildman–Crippen MR) is 81.1 cm³/mol. The third kappa shape index (κ3) is 4.81. The Morgan fingerprint density at radius 1 is 1.33 bits per heavy atom. The van der Waals surface area contributed by atoms with Gasteiger partial charge in [-0.3, -0.25) is 4.79 Å². The molecule has 1 amide bonds. The van der Waals surface area contributed by atoms with Gasteiger partial charge in [0, 0.05) is 11.8 Å². The topological polar surface area (TPSA) is 56.8 Å². The van der Waals surface area contributed by atoms with Crippen molar-refractivity contribution < 1.29 is 32.2 Å². The number of carbonyl (C=O) groups excluding carboxylic acids is 1. The van der Waals surface area contributed by atoms with Crippen LogP contribution in [0.25, 0.3) is 0 Å². The zero-order valence-corrected chi connectivity index (χ0v) is 13.3. The number of benzene rings is 1. The molecule has 0 aromatic heterocycles. The molecule has 1 aromatic carbocycles. The highest BCUT2D eigenvalue weighted by atomic mass is 19.4. The lowest BCUT2D eigenvalue weighted by molar-refractivity contribution is -0.153. The molecule has 0 saturated heterocycles. The Morgan fingerprint density at radius 2 is 2.08 bits per heavy atom. The first kappa shape index (κ1) is 18.0. The van der Waals surface area contributed by atoms with Crippen molar-refractivity contribution >= 4 is 11.6 Å². The number of anilines is 1. The summed E-state index contributed by atoms with van der Waals surface area (Å²) in [4.78, 5) is 12.3. The molecule has 1 aromatic rings. The van der Waals surface area contributed by atoms with Gasteiger partial charge in [0.25, 0.3) is 5.91 Å². The molecule has 1 aliphatic heterocycles. The Kier molecular flexibility index (Phi) is 5.58. The van der Waals surface area contributed by atoms with Gasteiger partial charge >= 0.3 is 6.18 Å². The van der Waals surface area contributed by atoms with Gasteiger partial charge in [-0.15, -0.1) is 0 Å². The van der Waals surface area contributed by atoms with E-state index in [9.17, 15) is 18.0 Å². The van der Waals surface area contributed by atoms with Crippen molar-refractivity contribution in [2.75, 3.05) is 25.6 Å². The van der Waals surface area contributed by atoms with Gasteiger partial charge in [0.2, 0.25) is 0 Å². The number of methoxy groups -OCH3 is 1. The molecule has 24 heavy (non-hydrogen) atoms. The van der Waals surface area contributed by atoms with Crippen LogP contribution in [0.2, 0.25) is 0 Å². The predicted octanol–water partition coefficient (Wildman–Crippen LogP) is 3.66. The van der Waals surface area contributed by atoms with Crippen molar-refractivity contribution in [2.24, 2.45) is 0 Å². The molecule has 0 spiro atoms. The average molecular weight is 345 g/mol. The second kappa shape index (κ2) is 7.46. The van der Waals surface area contributed by atoms with Gasteiger partial charge < -0.3 is 19.5 Å². The zero-order valence-electron chi connectivity index (χ0n) is 13.3. The minimum absolute atomic E-state index is 0.0989. The Morgan fingerprint density at radius 3 is 2.71 bits per heavy atom. The fourth-order valence-corrected chi connectivity index (χ4v) is 2.24. The highest BCUT2D eigenvalue weighted by Crippen LogP contribution is 2.32. The van der Waals surface area contributed by atoms with Crippen LogP contribution < -0.4 is 14.8 Å². The second-order valence-electron chi connectivity index (χ2n) is 5.21. The quantitative estimate of drug-likeness (QED) is 0.885. The zero-order chi connectivity index (χ0) is 17.7. The number of ether oxygens (including phenoxy) is 3. The van der Waals surface area contributed by atoms with Gasteiger partial charge in [-0.1, -0.05) is 0 Å². The van der Waals surface area contributed by atoms with E-state index in [0.717, 1.165) is 6.42 Å². The van der Waals surface area contributed by atoms with Crippen LogP contribution in [0.1, 0.15) is 19.8 Å². The van der Waals surface area contributed by atoms with E-state index in [-0.39, 0.29) is 17.4 Å². The minimum Gasteiger partial charge on any atom is -0.498 e. The third-order valence-electron chi connectivity index (χ3n) is 3.40. The van der Waals surface area contributed by atoms with E-state index in [0.29, 0.717) is 30.0 Å². The monoisotopic (exact) mass is 345 g/mol. The largest absolute Gasteiger partial charge is 0.498 e. The lowest BCUT2D eigenvalue weighted by Gasteiger charge is -2.19. The number of alkyl halides is 3. The van der Waals surface area contributed by atoms with Crippen molar-refractivity contribution in [3.05, 3.63) is 29.5 Å². The second-order valence-corrected chi connectivity index (χ2v) is 5.21. The molecule has 1 heterocycles. The smallest absolute Gasteiger partial charge is 0.422 e. The van der Waals surface area contributed by atoms with Crippen LogP contribution >= 0.6 is 0 Å². The molecule has 8 heteroatoms. The van der Waals surface area contributed by atoms with E-state index in [1.54, 1.807) is 6.92 Å². The molecular weight excluding hydrogens is 327 g/mol. The SMILES string of the molecule is COc1ccc(NC(=O)C2=C(C)OCCC2)cc1OCC(F)(F)F. The average Bonchev–Trinajstić information content (AvgIpc) is 2.52. The number of carbonyl (C=O) groups is 1. The first-order valence-electron chi connectivity index (χ1n) is 7.31. The number of amides is 1. The Hall–Kier alpha value is -2.38. The van der Waals surface area contributed by atoms with Crippen molar-refractivity contribution in [3.8, 4) is 11.5 Å². The Balaban J connectivity index is 2.14. The molecule has 0 radical (unpaired) electrons. The molecule has 132 valence electrons. The Labute approximate surface area is 137 Å². The lowest BCUT2D eigenvalue weighted by Crippen LogP contribution is -2.20. The molecule has 0 fully saturated rings. The van der Waals surface area contributed by atoms with Crippen molar-refractivity contribution in [1.82, 2.24) is 0 Å². The molecule has 0 saturated carbocycles. The third-order valence-corrected chi connectivity index (χ3v) is 3.40. The molecule has 2 rings (SSSR count). The van der Waals surface area contributed by atoms with E-state index in [4.69, 9.17) is 14.2 Å². The maximum Gasteiger partial charge on any atom is 0.422 e. The van der Waals surface area contributed by atoms with Gasteiger partial charge in [-0.25, -0.2) is 0 Å². The summed E-state index contributed by atoms with van der Waals surface area (Å²) in [6.07, 6.45) is -3.14. The molecule has 5 nitrogen and oxygen atoms in total. The molecule has 1 aliphatic rings. The standard InChI is InChI=1S/C16H18F3NO4/c1-10-12(4-3-7-23-10)15(21)20-11-5-6-13(22-2)14(8-11)24-9-16(17,18)19/h5-6,8H,3-4,7,9H2,1-2H3,(H,20,21). The van der Waals surface area contributed by atoms with E-state index < -0.39 is 12.8 Å². The van der Waals surface area contributed by atoms with E-state index in [1.165, 1.54) is 25.3 Å². The lowest BCUT2D eigenvalue weighted by atomic mass is 10.1. The number of hydrogen-bond donors (Lipinski definition) is 1. The fraction of sp³-hybridized carbons (Fsp3) is 0.438. The molecule has 0 aliphatic carbocycles. The van der Waals surface area contributed by atoms with E-state index >= 15 is 0 Å². The van der Waals surface area contributed by atoms with Crippen LogP contribution in [-0.2, 0) is 9.53 Å². The first-order chi connectivity index (χ1) is 11.3. The van der Waals surface area contributed by atoms with Gasteiger partial charge in [0.15, 0.2) is 18.1 Å². The maximum absolute atomic E-state index is 12.3. The van der Waals surface area contributed by atoms with E-state index in [2.05, 4.69) is 5.32 Å². The normalized spacial score (nSPS) is 14.9. The summed E-state index contributed by atoms with van der Waals surface area (Å²) < 4.78 is 52.0. The molecule has 0 unspecified atom stereocenters. The van der Waals surface area contributed by atoms with Gasteiger partial charge in [-0.05, 0) is 31.9 Å². The van der Waals surface area contributed by atoms with Gasteiger partial charge in [0.05, 0.1) is 19.3 Å². The summed E-state index contributed by atoms with van der Waals surface area (Å²) in [6, 6.07) is 4.25. The van der Waals surface area contributed by atoms with Crippen LogP contribution in [0.4, 0.5) is 18.9 Å². The summed E-state index contributed by atoms with van der Waals surface area (Å²) in [5.41, 5.74) is 0.832. The van der Waals surface area contributed by atoms with Crippen LogP contribution in [0.5, 0.6) is 11.5 Å². The number of rotatable bonds is 5. The van der Waals surface area contributed by atoms with Gasteiger partial charge in [-0.2, -0.15) is 13.2 Å². The maximum atomic E-state index is 12.3. The summed E-state index contributed by atoms with van der Waals surface area (Å²) >= 11 is 0. The number of hydrogen-bond acceptors (Lipinski definition) is 4. The first-order valence-corrected chi connectivity index (χ1v) is 7.31. The van der Waals surface area contributed by atoms with Crippen molar-refractivity contribution in [1.29, 1.82) is 0 Å². The van der Waals surface area contributed by atoms with Crippen molar-refractivity contribution in [3.63, 3.8) is 0 Å². The highest BCUT2D eigenvalue weighted by Gasteiger charge is 2.29. The summed E-state index contributed by atoms with van der Waals surface area (Å²) in [6.45, 7) is 0.833. The molecule has 0 bridgehead atoms. The molecule has 1 N–H and O–H groups in total. The van der Waals surface area contributed by atoms with E-state index in [1.807, 2.05) is 0 Å². The van der Waals surface area contributed by atoms with Gasteiger partial charge in [0.1, 0.15) is 5.76 Å². The highest BCUT2D eigenvalue weighted by molar-refractivity contribution is 6.04. The summed E-state index contributed by atoms with van der Waals surface area (Å²) in [5.74, 6) is 0.256. The fourth-order valence-electron chi connectivity index (χ4n) is 2.24. The van der Waals surface area contributed by atoms with Crippen LogP contribution in [0.15, 0.2) is 29.5 Å². The number of allylic oxidation sites excluding steroid dienone is 1. The van der Waals surface area contributed by atoms with Crippen molar-refractivity contribution in [2.45, 2.75) is 25.9 Å². The minimum atomic E-state index is -4.47. The molecular formula is C16H18F3NO4. The summed E-state index contributed by atoms with van der Waals surface area (Å²) in [7, 11) is 1.32. The Bertz CT molecular complexity index is 641.